The largest absolute Gasteiger partial charge is 0.444 e. The highest BCUT2D eigenvalue weighted by Gasteiger charge is 2.38. The van der Waals surface area contributed by atoms with E-state index in [0.29, 0.717) is 0 Å². The Bertz CT molecular complexity index is 1770. The summed E-state index contributed by atoms with van der Waals surface area (Å²) in [7, 11) is -2.11. The van der Waals surface area contributed by atoms with Gasteiger partial charge in [-0.2, -0.15) is 21.9 Å². The Morgan fingerprint density at radius 3 is 2.33 bits per heavy atom. The van der Waals surface area contributed by atoms with Gasteiger partial charge >= 0.3 is 12.3 Å². The van der Waals surface area contributed by atoms with Crippen LogP contribution in [0.1, 0.15) is 48.1 Å². The average Bonchev–Trinajstić information content (AvgIpc) is 2.88. The van der Waals surface area contributed by atoms with E-state index in [1.165, 1.54) is 38.2 Å². The number of hydrogen-bond donors (Lipinski definition) is 1. The first-order valence-corrected chi connectivity index (χ1v) is 15.0. The van der Waals surface area contributed by atoms with Crippen LogP contribution in [0.25, 0.3) is 0 Å². The molecule has 0 saturated heterocycles. The highest BCUT2D eigenvalue weighted by Crippen LogP contribution is 2.35. The topological polar surface area (TPSA) is 153 Å². The number of amides is 3. The van der Waals surface area contributed by atoms with Crippen LogP contribution in [0.2, 0.25) is 0 Å². The third-order valence-electron chi connectivity index (χ3n) is 5.77. The van der Waals surface area contributed by atoms with Crippen molar-refractivity contribution < 1.29 is 45.6 Å². The monoisotopic (exact) mass is 654 g/mol. The number of carbonyl (C=O) groups is 3. The molecule has 0 aliphatic heterocycles. The lowest BCUT2D eigenvalue weighted by Gasteiger charge is -2.23. The quantitative estimate of drug-likeness (QED) is 0.256. The first-order chi connectivity index (χ1) is 20.7. The number of anilines is 1. The van der Waals surface area contributed by atoms with Crippen molar-refractivity contribution in [3.05, 3.63) is 64.9 Å². The lowest BCUT2D eigenvalue weighted by atomic mass is 10.1. The van der Waals surface area contributed by atoms with Gasteiger partial charge in [-0.1, -0.05) is 6.07 Å². The van der Waals surface area contributed by atoms with Crippen LogP contribution < -0.4 is 10.1 Å². The zero-order valence-corrected chi connectivity index (χ0v) is 26.1. The highest BCUT2D eigenvalue weighted by atomic mass is 32.2. The molecule has 3 amide bonds. The molecule has 0 bridgehead atoms. The van der Waals surface area contributed by atoms with Crippen molar-refractivity contribution in [2.75, 3.05) is 25.2 Å². The van der Waals surface area contributed by atoms with Crippen molar-refractivity contribution in [2.24, 2.45) is 4.36 Å². The molecule has 17 heteroatoms. The number of hydrogen-bond acceptors (Lipinski definition) is 9. The van der Waals surface area contributed by atoms with E-state index in [1.54, 1.807) is 20.8 Å². The second-order valence-corrected chi connectivity index (χ2v) is 13.0. The first kappa shape index (κ1) is 34.8. The zero-order valence-electron chi connectivity index (χ0n) is 25.3. The number of pyridine rings is 1. The lowest BCUT2D eigenvalue weighted by molar-refractivity contribution is -0.142. The Balaban J connectivity index is 1.93. The minimum Gasteiger partial charge on any atom is -0.444 e. The van der Waals surface area contributed by atoms with Gasteiger partial charge in [-0.15, -0.1) is 10.2 Å². The van der Waals surface area contributed by atoms with E-state index in [2.05, 4.69) is 24.9 Å². The van der Waals surface area contributed by atoms with Gasteiger partial charge in [0.25, 0.3) is 17.7 Å². The van der Waals surface area contributed by atoms with Crippen LogP contribution in [0.4, 0.5) is 28.0 Å². The summed E-state index contributed by atoms with van der Waals surface area (Å²) < 4.78 is 82.2. The van der Waals surface area contributed by atoms with Gasteiger partial charge in [0.2, 0.25) is 5.95 Å². The second kappa shape index (κ2) is 13.1. The number of halogens is 4. The Kier molecular flexibility index (Phi) is 10.2. The number of benzene rings is 1. The van der Waals surface area contributed by atoms with Crippen molar-refractivity contribution in [3.63, 3.8) is 0 Å². The van der Waals surface area contributed by atoms with Crippen LogP contribution in [0.3, 0.4) is 0 Å². The number of nitrogens with one attached hydrogen (secondary N) is 1. The molecule has 1 aromatic carbocycles. The molecule has 3 rings (SSSR count). The molecule has 0 fully saturated rings. The van der Waals surface area contributed by atoms with E-state index in [0.717, 1.165) is 30.2 Å². The molecule has 0 radical (unpaired) electrons. The van der Waals surface area contributed by atoms with Gasteiger partial charge in [0.1, 0.15) is 17.7 Å². The fourth-order valence-electron chi connectivity index (χ4n) is 3.72. The van der Waals surface area contributed by atoms with Gasteiger partial charge in [-0.3, -0.25) is 9.59 Å². The molecule has 0 spiro atoms. The SMILES string of the molecule is Cc1nc(F)ccc1Oc1nnc(C(F)(F)F)c(C)c1C(=O)Nc1cccc([S@@](C)(=O)=NC(=O)CN(C)C(=O)OC(C)(C)C)c1. The van der Waals surface area contributed by atoms with Gasteiger partial charge in [0.15, 0.2) is 11.4 Å². The van der Waals surface area contributed by atoms with Crippen LogP contribution in [-0.2, 0) is 25.4 Å². The summed E-state index contributed by atoms with van der Waals surface area (Å²) in [5.41, 5.74) is -3.47. The Morgan fingerprint density at radius 1 is 1.07 bits per heavy atom. The van der Waals surface area contributed by atoms with E-state index >= 15 is 0 Å². The maximum Gasteiger partial charge on any atom is 0.435 e. The van der Waals surface area contributed by atoms with Crippen LogP contribution in [0.5, 0.6) is 11.6 Å². The van der Waals surface area contributed by atoms with Crippen molar-refractivity contribution in [3.8, 4) is 11.6 Å². The summed E-state index contributed by atoms with van der Waals surface area (Å²) in [6, 6.07) is 7.43. The van der Waals surface area contributed by atoms with Crippen molar-refractivity contribution in [2.45, 2.75) is 51.3 Å². The summed E-state index contributed by atoms with van der Waals surface area (Å²) in [6.07, 6.45) is -4.59. The van der Waals surface area contributed by atoms with Gasteiger partial charge in [0, 0.05) is 23.9 Å². The third-order valence-corrected chi connectivity index (χ3v) is 7.45. The fraction of sp³-hybridized carbons (Fsp3) is 0.357. The summed E-state index contributed by atoms with van der Waals surface area (Å²) in [6.45, 7) is 6.79. The number of rotatable bonds is 7. The summed E-state index contributed by atoms with van der Waals surface area (Å²) in [4.78, 5) is 42.6. The maximum atomic E-state index is 13.6. The summed E-state index contributed by atoms with van der Waals surface area (Å²) >= 11 is 0. The Morgan fingerprint density at radius 2 is 1.73 bits per heavy atom. The van der Waals surface area contributed by atoms with E-state index in [4.69, 9.17) is 9.47 Å². The molecule has 45 heavy (non-hydrogen) atoms. The average molecular weight is 655 g/mol. The molecule has 2 aromatic heterocycles. The Labute approximate surface area is 256 Å². The maximum absolute atomic E-state index is 13.6. The lowest BCUT2D eigenvalue weighted by Crippen LogP contribution is -2.37. The van der Waals surface area contributed by atoms with E-state index in [-0.39, 0.29) is 22.0 Å². The second-order valence-electron chi connectivity index (χ2n) is 10.8. The predicted octanol–water partition coefficient (Wildman–Crippen LogP) is 5.54. The molecule has 1 atom stereocenters. The van der Waals surface area contributed by atoms with Gasteiger partial charge in [-0.25, -0.2) is 14.0 Å². The predicted molar refractivity (Wildman–Crippen MR) is 154 cm³/mol. The van der Waals surface area contributed by atoms with Crippen molar-refractivity contribution in [1.82, 2.24) is 20.1 Å². The number of carbonyl (C=O) groups excluding carboxylic acids is 3. The molecular formula is C28H30F4N6O6S. The normalized spacial score (nSPS) is 13.0. The number of nitrogens with zero attached hydrogens (tertiary/aromatic N) is 5. The molecular weight excluding hydrogens is 624 g/mol. The van der Waals surface area contributed by atoms with Crippen LogP contribution >= 0.6 is 0 Å². The van der Waals surface area contributed by atoms with E-state index in [9.17, 15) is 36.2 Å². The number of aryl methyl sites for hydroxylation is 1. The zero-order chi connectivity index (χ0) is 33.9. The van der Waals surface area contributed by atoms with Crippen LogP contribution in [0.15, 0.2) is 45.7 Å². The first-order valence-electron chi connectivity index (χ1n) is 13.0. The van der Waals surface area contributed by atoms with E-state index in [1.807, 2.05) is 0 Å². The van der Waals surface area contributed by atoms with E-state index < -0.39 is 74.6 Å². The van der Waals surface area contributed by atoms with Gasteiger partial charge in [0.05, 0.1) is 15.4 Å². The molecule has 0 aliphatic rings. The standard InChI is InChI=1S/C28H30F4N6O6S/c1-15-22(25(36-35-23(15)28(30,31)32)43-19-11-12-20(29)33-16(19)2)24(40)34-17-9-8-10-18(13-17)45(7,42)37-21(39)14-38(6)26(41)44-27(3,4)5/h8-13H,14H2,1-7H3,(H,34,40)/t45-/m1/s1. The molecule has 12 nitrogen and oxygen atoms in total. The smallest absolute Gasteiger partial charge is 0.435 e. The Hall–Kier alpha value is -4.67. The molecule has 242 valence electrons. The van der Waals surface area contributed by atoms with Crippen molar-refractivity contribution in [1.29, 1.82) is 0 Å². The minimum absolute atomic E-state index is 0.00129. The summed E-state index contributed by atoms with van der Waals surface area (Å²) in [5, 5.41) is 9.05. The molecule has 1 N–H and O–H groups in total. The van der Waals surface area contributed by atoms with Crippen molar-refractivity contribution >= 4 is 33.3 Å². The number of likely N-dealkylation sites (N-methyl/N-ethyl adjacent to an activating group) is 1. The number of aromatic nitrogens is 3. The van der Waals surface area contributed by atoms with Gasteiger partial charge < -0.3 is 19.7 Å². The highest BCUT2D eigenvalue weighted by molar-refractivity contribution is 7.93. The molecule has 0 unspecified atom stereocenters. The molecule has 0 saturated carbocycles. The molecule has 3 aromatic rings. The van der Waals surface area contributed by atoms with Gasteiger partial charge in [-0.05, 0) is 70.5 Å². The third kappa shape index (κ3) is 9.17. The molecule has 2 heterocycles. The molecule has 0 aliphatic carbocycles. The number of ether oxygens (including phenoxy) is 2. The number of alkyl halides is 3. The minimum atomic E-state index is -4.96. The fourth-order valence-corrected chi connectivity index (χ4v) is 4.95. The van der Waals surface area contributed by atoms with Crippen LogP contribution in [-0.4, -0.2) is 67.6 Å². The van der Waals surface area contributed by atoms with Crippen LogP contribution in [0, 0.1) is 19.8 Å². The summed E-state index contributed by atoms with van der Waals surface area (Å²) in [5.74, 6) is -3.52.